The number of methoxy groups -OCH3 is 1. The van der Waals surface area contributed by atoms with Crippen LogP contribution in [0.1, 0.15) is 31.2 Å². The van der Waals surface area contributed by atoms with Crippen molar-refractivity contribution in [2.24, 2.45) is 0 Å². The molecule has 0 aliphatic carbocycles. The van der Waals surface area contributed by atoms with Gasteiger partial charge in [0.1, 0.15) is 5.75 Å². The molecule has 0 N–H and O–H groups in total. The zero-order chi connectivity index (χ0) is 16.5. The Morgan fingerprint density at radius 1 is 1.29 bits per heavy atom. The van der Waals surface area contributed by atoms with E-state index in [9.17, 15) is 0 Å². The second-order valence-corrected chi connectivity index (χ2v) is 6.02. The number of rotatable bonds is 3. The first kappa shape index (κ1) is 15.1. The number of nitrogens with zero attached hydrogens (tertiary/aromatic N) is 4. The number of aryl methyl sites for hydroxylation is 1. The van der Waals surface area contributed by atoms with Crippen molar-refractivity contribution in [2.45, 2.75) is 32.4 Å². The van der Waals surface area contributed by atoms with Crippen molar-refractivity contribution in [2.75, 3.05) is 13.7 Å². The molecule has 6 nitrogen and oxygen atoms in total. The molecule has 0 aromatic carbocycles. The molecular formula is C18H20N4O2. The van der Waals surface area contributed by atoms with Crippen LogP contribution in [-0.2, 0) is 4.74 Å². The van der Waals surface area contributed by atoms with Crippen LogP contribution >= 0.6 is 0 Å². The van der Waals surface area contributed by atoms with E-state index in [1.54, 1.807) is 19.5 Å². The van der Waals surface area contributed by atoms with E-state index in [2.05, 4.69) is 10.1 Å². The van der Waals surface area contributed by atoms with Gasteiger partial charge in [-0.3, -0.25) is 9.97 Å². The molecule has 0 amide bonds. The molecule has 3 aromatic rings. The van der Waals surface area contributed by atoms with Gasteiger partial charge in [0.15, 0.2) is 6.23 Å². The average Bonchev–Trinajstić information content (AvgIpc) is 3.07. The number of fused-ring (bicyclic) bond motifs is 1. The summed E-state index contributed by atoms with van der Waals surface area (Å²) in [6.07, 6.45) is 8.67. The van der Waals surface area contributed by atoms with Crippen LogP contribution in [0, 0.1) is 6.92 Å². The zero-order valence-corrected chi connectivity index (χ0v) is 13.9. The lowest BCUT2D eigenvalue weighted by atomic mass is 10.1. The van der Waals surface area contributed by atoms with E-state index in [4.69, 9.17) is 14.5 Å². The Hall–Kier alpha value is -2.47. The smallest absolute Gasteiger partial charge is 0.150 e. The van der Waals surface area contributed by atoms with Gasteiger partial charge in [0.05, 0.1) is 35.8 Å². The number of aromatic nitrogens is 4. The van der Waals surface area contributed by atoms with Crippen LogP contribution in [0.5, 0.6) is 5.75 Å². The van der Waals surface area contributed by atoms with E-state index in [0.717, 1.165) is 53.1 Å². The molecule has 0 radical (unpaired) electrons. The molecule has 24 heavy (non-hydrogen) atoms. The quantitative estimate of drug-likeness (QED) is 0.738. The summed E-state index contributed by atoms with van der Waals surface area (Å²) in [5.41, 5.74) is 3.69. The lowest BCUT2D eigenvalue weighted by Gasteiger charge is -2.23. The Kier molecular flexibility index (Phi) is 3.90. The third kappa shape index (κ3) is 2.53. The number of pyridine rings is 2. The van der Waals surface area contributed by atoms with E-state index in [-0.39, 0.29) is 6.23 Å². The van der Waals surface area contributed by atoms with Crippen molar-refractivity contribution in [3.8, 4) is 17.0 Å². The zero-order valence-electron chi connectivity index (χ0n) is 13.9. The van der Waals surface area contributed by atoms with Crippen molar-refractivity contribution < 1.29 is 9.47 Å². The standard InChI is InChI=1S/C18H20N4O2/c1-12-18-13(10-20-22(18)17-5-3-4-8-24-17)9-15(21-12)14-11-19-7-6-16(14)23-2/h6-7,9-11,17H,3-5,8H2,1-2H3. The molecule has 1 saturated heterocycles. The molecule has 4 rings (SSSR count). The molecule has 1 aliphatic rings. The summed E-state index contributed by atoms with van der Waals surface area (Å²) in [6, 6.07) is 3.88. The fraction of sp³-hybridized carbons (Fsp3) is 0.389. The summed E-state index contributed by atoms with van der Waals surface area (Å²) < 4.78 is 13.3. The Morgan fingerprint density at radius 3 is 3.00 bits per heavy atom. The predicted molar refractivity (Wildman–Crippen MR) is 90.9 cm³/mol. The molecule has 0 bridgehead atoms. The van der Waals surface area contributed by atoms with Gasteiger partial charge in [-0.05, 0) is 38.3 Å². The number of ether oxygens (including phenoxy) is 2. The first-order valence-electron chi connectivity index (χ1n) is 8.23. The van der Waals surface area contributed by atoms with Gasteiger partial charge >= 0.3 is 0 Å². The highest BCUT2D eigenvalue weighted by atomic mass is 16.5. The highest BCUT2D eigenvalue weighted by Gasteiger charge is 2.21. The molecule has 0 saturated carbocycles. The van der Waals surface area contributed by atoms with Gasteiger partial charge in [0.25, 0.3) is 0 Å². The molecule has 4 heterocycles. The van der Waals surface area contributed by atoms with Gasteiger partial charge in [0.2, 0.25) is 0 Å². The fourth-order valence-corrected chi connectivity index (χ4v) is 3.29. The number of hydrogen-bond acceptors (Lipinski definition) is 5. The maximum Gasteiger partial charge on any atom is 0.150 e. The van der Waals surface area contributed by atoms with E-state index < -0.39 is 0 Å². The topological polar surface area (TPSA) is 62.1 Å². The van der Waals surface area contributed by atoms with Crippen LogP contribution in [0.25, 0.3) is 22.2 Å². The summed E-state index contributed by atoms with van der Waals surface area (Å²) in [4.78, 5) is 8.97. The van der Waals surface area contributed by atoms with Crippen LogP contribution < -0.4 is 4.74 Å². The van der Waals surface area contributed by atoms with Gasteiger partial charge in [-0.25, -0.2) is 4.68 Å². The predicted octanol–water partition coefficient (Wildman–Crippen LogP) is 3.51. The van der Waals surface area contributed by atoms with Crippen LogP contribution in [0.3, 0.4) is 0 Å². The Bertz CT molecular complexity index is 869. The van der Waals surface area contributed by atoms with Crippen molar-refractivity contribution in [3.05, 3.63) is 36.4 Å². The number of hydrogen-bond donors (Lipinski definition) is 0. The third-order valence-electron chi connectivity index (χ3n) is 4.45. The summed E-state index contributed by atoms with van der Waals surface area (Å²) in [6.45, 7) is 2.80. The maximum absolute atomic E-state index is 5.88. The van der Waals surface area contributed by atoms with Gasteiger partial charge in [0, 0.05) is 24.4 Å². The Labute approximate surface area is 140 Å². The summed E-state index contributed by atoms with van der Waals surface area (Å²) >= 11 is 0. The van der Waals surface area contributed by atoms with E-state index >= 15 is 0 Å². The first-order chi connectivity index (χ1) is 11.8. The highest BCUT2D eigenvalue weighted by molar-refractivity contribution is 5.85. The van der Waals surface area contributed by atoms with E-state index in [1.807, 2.05) is 29.9 Å². The second kappa shape index (κ2) is 6.20. The molecule has 0 spiro atoms. The van der Waals surface area contributed by atoms with Crippen molar-refractivity contribution in [1.29, 1.82) is 0 Å². The highest BCUT2D eigenvalue weighted by Crippen LogP contribution is 2.32. The SMILES string of the molecule is COc1ccncc1-c1cc2cnn(C3CCCCO3)c2c(C)n1. The molecule has 1 aliphatic heterocycles. The summed E-state index contributed by atoms with van der Waals surface area (Å²) in [5.74, 6) is 0.763. The molecule has 1 fully saturated rings. The Morgan fingerprint density at radius 2 is 2.21 bits per heavy atom. The summed E-state index contributed by atoms with van der Waals surface area (Å²) in [5, 5.41) is 5.62. The van der Waals surface area contributed by atoms with Gasteiger partial charge in [-0.15, -0.1) is 0 Å². The monoisotopic (exact) mass is 324 g/mol. The van der Waals surface area contributed by atoms with Crippen LogP contribution in [-0.4, -0.2) is 33.5 Å². The van der Waals surface area contributed by atoms with Gasteiger partial charge in [-0.2, -0.15) is 5.10 Å². The molecule has 1 unspecified atom stereocenters. The van der Waals surface area contributed by atoms with E-state index in [1.165, 1.54) is 6.42 Å². The molecule has 6 heteroatoms. The molecular weight excluding hydrogens is 304 g/mol. The lowest BCUT2D eigenvalue weighted by Crippen LogP contribution is -2.19. The third-order valence-corrected chi connectivity index (χ3v) is 4.45. The van der Waals surface area contributed by atoms with Crippen molar-refractivity contribution >= 4 is 10.9 Å². The fourth-order valence-electron chi connectivity index (χ4n) is 3.29. The average molecular weight is 324 g/mol. The molecule has 1 atom stereocenters. The lowest BCUT2D eigenvalue weighted by molar-refractivity contribution is -0.0367. The largest absolute Gasteiger partial charge is 0.496 e. The van der Waals surface area contributed by atoms with Crippen LogP contribution in [0.2, 0.25) is 0 Å². The van der Waals surface area contributed by atoms with Crippen LogP contribution in [0.4, 0.5) is 0 Å². The van der Waals surface area contributed by atoms with Gasteiger partial charge in [-0.1, -0.05) is 0 Å². The second-order valence-electron chi connectivity index (χ2n) is 6.02. The van der Waals surface area contributed by atoms with E-state index in [0.29, 0.717) is 0 Å². The van der Waals surface area contributed by atoms with Crippen molar-refractivity contribution in [3.63, 3.8) is 0 Å². The van der Waals surface area contributed by atoms with Crippen molar-refractivity contribution in [1.82, 2.24) is 19.7 Å². The minimum atomic E-state index is 0.00975. The molecule has 3 aromatic heterocycles. The minimum Gasteiger partial charge on any atom is -0.496 e. The first-order valence-corrected chi connectivity index (χ1v) is 8.23. The normalized spacial score (nSPS) is 18.0. The summed E-state index contributed by atoms with van der Waals surface area (Å²) in [7, 11) is 1.66. The van der Waals surface area contributed by atoms with Crippen LogP contribution in [0.15, 0.2) is 30.7 Å². The Balaban J connectivity index is 1.81. The molecule has 124 valence electrons. The maximum atomic E-state index is 5.88. The van der Waals surface area contributed by atoms with Gasteiger partial charge < -0.3 is 9.47 Å². The minimum absolute atomic E-state index is 0.00975.